The molecule has 14 heteroatoms. The van der Waals surface area contributed by atoms with Gasteiger partial charge in [-0.2, -0.15) is 17.5 Å². The van der Waals surface area contributed by atoms with Crippen molar-refractivity contribution in [1.82, 2.24) is 13.9 Å². The van der Waals surface area contributed by atoms with Gasteiger partial charge in [0.2, 0.25) is 10.0 Å². The first-order chi connectivity index (χ1) is 17.3. The van der Waals surface area contributed by atoms with Gasteiger partial charge >= 0.3 is 12.1 Å². The lowest BCUT2D eigenvalue weighted by molar-refractivity contribution is -0.192. The van der Waals surface area contributed by atoms with Crippen LogP contribution in [0.1, 0.15) is 24.4 Å². The molecule has 5 rings (SSSR count). The quantitative estimate of drug-likeness (QED) is 0.535. The van der Waals surface area contributed by atoms with E-state index in [2.05, 4.69) is 30.4 Å². The minimum absolute atomic E-state index is 0.0481. The number of hydrogen-bond donors (Lipinski definition) is 2. The van der Waals surface area contributed by atoms with Gasteiger partial charge in [-0.05, 0) is 65.7 Å². The predicted octanol–water partition coefficient (Wildman–Crippen LogP) is 3.25. The Kier molecular flexibility index (Phi) is 7.94. The van der Waals surface area contributed by atoms with Crippen LogP contribution in [0.3, 0.4) is 0 Å². The van der Waals surface area contributed by atoms with Crippen molar-refractivity contribution in [1.29, 1.82) is 0 Å². The molecule has 37 heavy (non-hydrogen) atoms. The maximum atomic E-state index is 13.3. The molecule has 0 spiro atoms. The van der Waals surface area contributed by atoms with Gasteiger partial charge in [-0.15, -0.1) is 0 Å². The number of aliphatic carboxylic acids is 1. The Morgan fingerprint density at radius 1 is 1.22 bits per heavy atom. The number of hydrogen-bond acceptors (Lipinski definition) is 6. The van der Waals surface area contributed by atoms with Gasteiger partial charge in [0, 0.05) is 48.9 Å². The molecule has 2 N–H and O–H groups in total. The summed E-state index contributed by atoms with van der Waals surface area (Å²) in [4.78, 5) is 15.8. The summed E-state index contributed by atoms with van der Waals surface area (Å²) >= 11 is 3.52. The highest BCUT2D eigenvalue weighted by atomic mass is 79.9. The topological polar surface area (TPSA) is 116 Å². The third-order valence-corrected chi connectivity index (χ3v) is 9.95. The predicted molar refractivity (Wildman–Crippen MR) is 131 cm³/mol. The fourth-order valence-corrected chi connectivity index (χ4v) is 7.56. The van der Waals surface area contributed by atoms with Gasteiger partial charge in [0.25, 0.3) is 0 Å². The van der Waals surface area contributed by atoms with E-state index in [1.807, 2.05) is 25.3 Å². The number of imidazole rings is 1. The van der Waals surface area contributed by atoms with Gasteiger partial charge in [-0.3, -0.25) is 0 Å². The number of halogens is 4. The Hall–Kier alpha value is -2.16. The standard InChI is InChI=1S/C21H27BrN4O3S.C2HF3O2/c1-14-23-9-18-11-24(6-7-26(14)18)17-4-5-21(20(22)8-17)30(28,29)25-10-16(13-27)19(12-25)15-2-3-15;3-2(4,5)1(6)7/h4-5,8-9,15-16,19,27H,2-3,6-7,10-13H2,1H3;(H,6,7)/t16-,19-;/m0./s1. The number of carboxylic acid groups (broad SMARTS) is 1. The smallest absolute Gasteiger partial charge is 0.475 e. The van der Waals surface area contributed by atoms with Crippen LogP contribution in [-0.4, -0.2) is 70.9 Å². The Bertz CT molecular complexity index is 1270. The zero-order chi connectivity index (χ0) is 27.1. The van der Waals surface area contributed by atoms with Crippen LogP contribution >= 0.6 is 15.9 Å². The molecule has 0 radical (unpaired) electrons. The maximum Gasteiger partial charge on any atom is 0.490 e. The highest BCUT2D eigenvalue weighted by Gasteiger charge is 2.46. The number of benzene rings is 1. The number of aliphatic hydroxyl groups excluding tert-OH is 1. The van der Waals surface area contributed by atoms with Crippen LogP contribution in [0.4, 0.5) is 18.9 Å². The van der Waals surface area contributed by atoms with E-state index in [0.29, 0.717) is 28.4 Å². The second kappa shape index (κ2) is 10.5. The number of carbonyl (C=O) groups is 1. The maximum absolute atomic E-state index is 13.3. The molecule has 0 unspecified atom stereocenters. The van der Waals surface area contributed by atoms with Crippen LogP contribution < -0.4 is 4.90 Å². The van der Waals surface area contributed by atoms with E-state index < -0.39 is 22.2 Å². The number of aryl methyl sites for hydroxylation is 1. The summed E-state index contributed by atoms with van der Waals surface area (Å²) in [5.74, 6) is -0.822. The van der Waals surface area contributed by atoms with Crippen molar-refractivity contribution in [2.45, 2.75) is 43.9 Å². The molecule has 3 heterocycles. The fourth-order valence-electron chi connectivity index (χ4n) is 5.00. The lowest BCUT2D eigenvalue weighted by Crippen LogP contribution is -2.34. The SMILES string of the molecule is Cc1ncc2n1CCN(c1ccc(S(=O)(=O)N3C[C@@H](CO)[C@H](C4CC4)C3)c(Br)c1)C2.O=C(O)C(F)(F)F. The molecule has 3 aliphatic rings. The Morgan fingerprint density at radius 2 is 1.89 bits per heavy atom. The molecule has 1 saturated carbocycles. The monoisotopic (exact) mass is 608 g/mol. The lowest BCUT2D eigenvalue weighted by Gasteiger charge is -2.31. The van der Waals surface area contributed by atoms with E-state index >= 15 is 0 Å². The summed E-state index contributed by atoms with van der Waals surface area (Å²) in [6.07, 6.45) is -0.861. The van der Waals surface area contributed by atoms with Crippen molar-refractivity contribution < 1.29 is 36.6 Å². The third-order valence-electron chi connectivity index (χ3n) is 7.15. The van der Waals surface area contributed by atoms with Crippen molar-refractivity contribution in [3.63, 3.8) is 0 Å². The number of nitrogens with zero attached hydrogens (tertiary/aromatic N) is 4. The molecule has 2 fully saturated rings. The van der Waals surface area contributed by atoms with Crippen LogP contribution in [-0.2, 0) is 27.9 Å². The molecule has 1 aromatic heterocycles. The van der Waals surface area contributed by atoms with E-state index in [-0.39, 0.29) is 18.4 Å². The van der Waals surface area contributed by atoms with E-state index in [4.69, 9.17) is 9.90 Å². The average molecular weight is 609 g/mol. The molecule has 1 saturated heterocycles. The summed E-state index contributed by atoms with van der Waals surface area (Å²) in [6.45, 7) is 5.48. The number of sulfonamides is 1. The van der Waals surface area contributed by atoms with Crippen LogP contribution in [0.5, 0.6) is 0 Å². The number of fused-ring (bicyclic) bond motifs is 1. The fraction of sp³-hybridized carbons (Fsp3) is 0.565. The van der Waals surface area contributed by atoms with Crippen molar-refractivity contribution in [2.24, 2.45) is 17.8 Å². The molecular formula is C23H28BrF3N4O5S. The highest BCUT2D eigenvalue weighted by molar-refractivity contribution is 9.10. The van der Waals surface area contributed by atoms with Gasteiger partial charge in [-0.25, -0.2) is 18.2 Å². The summed E-state index contributed by atoms with van der Waals surface area (Å²) in [7, 11) is -3.60. The van der Waals surface area contributed by atoms with E-state index in [1.165, 1.54) is 5.69 Å². The number of alkyl halides is 3. The van der Waals surface area contributed by atoms with Crippen molar-refractivity contribution in [3.05, 3.63) is 40.4 Å². The summed E-state index contributed by atoms with van der Waals surface area (Å²) < 4.78 is 62.8. The Labute approximate surface area is 221 Å². The first-order valence-corrected chi connectivity index (χ1v) is 14.0. The van der Waals surface area contributed by atoms with E-state index in [0.717, 1.165) is 44.0 Å². The van der Waals surface area contributed by atoms with Gasteiger partial charge in [0.15, 0.2) is 0 Å². The van der Waals surface area contributed by atoms with Crippen molar-refractivity contribution >= 4 is 37.6 Å². The van der Waals surface area contributed by atoms with Gasteiger partial charge in [0.05, 0.1) is 23.3 Å². The first kappa shape index (κ1) is 27.9. The zero-order valence-corrected chi connectivity index (χ0v) is 22.4. The Morgan fingerprint density at radius 3 is 2.46 bits per heavy atom. The van der Waals surface area contributed by atoms with Crippen LogP contribution in [0.2, 0.25) is 0 Å². The largest absolute Gasteiger partial charge is 0.490 e. The Balaban J connectivity index is 0.000000405. The second-order valence-electron chi connectivity index (χ2n) is 9.55. The molecule has 1 aliphatic carbocycles. The number of carboxylic acids is 1. The minimum Gasteiger partial charge on any atom is -0.475 e. The third kappa shape index (κ3) is 5.96. The average Bonchev–Trinajstić information content (AvgIpc) is 3.48. The molecule has 1 aromatic carbocycles. The van der Waals surface area contributed by atoms with Gasteiger partial charge in [-0.1, -0.05) is 0 Å². The van der Waals surface area contributed by atoms with Gasteiger partial charge in [0.1, 0.15) is 5.82 Å². The minimum atomic E-state index is -5.08. The number of rotatable bonds is 5. The van der Waals surface area contributed by atoms with E-state index in [9.17, 15) is 26.7 Å². The molecule has 2 aliphatic heterocycles. The second-order valence-corrected chi connectivity index (χ2v) is 12.3. The number of anilines is 1. The molecule has 2 aromatic rings. The zero-order valence-electron chi connectivity index (χ0n) is 20.0. The van der Waals surface area contributed by atoms with E-state index in [1.54, 1.807) is 10.4 Å². The first-order valence-electron chi connectivity index (χ1n) is 11.8. The number of aromatic nitrogens is 2. The molecular weight excluding hydrogens is 581 g/mol. The van der Waals surface area contributed by atoms with Crippen molar-refractivity contribution in [3.8, 4) is 0 Å². The molecule has 9 nitrogen and oxygen atoms in total. The van der Waals surface area contributed by atoms with Crippen LogP contribution in [0.15, 0.2) is 33.8 Å². The summed E-state index contributed by atoms with van der Waals surface area (Å²) in [5.41, 5.74) is 2.17. The molecule has 204 valence electrons. The summed E-state index contributed by atoms with van der Waals surface area (Å²) in [5, 5.41) is 16.9. The summed E-state index contributed by atoms with van der Waals surface area (Å²) in [6, 6.07) is 5.52. The lowest BCUT2D eigenvalue weighted by atomic mass is 9.92. The van der Waals surface area contributed by atoms with Crippen LogP contribution in [0, 0.1) is 24.7 Å². The normalized spacial score (nSPS) is 22.4. The molecule has 0 bridgehead atoms. The molecule has 2 atom stereocenters. The highest BCUT2D eigenvalue weighted by Crippen LogP contribution is 2.45. The molecule has 0 amide bonds. The number of aliphatic hydroxyl groups is 1. The van der Waals surface area contributed by atoms with Gasteiger partial charge < -0.3 is 19.7 Å². The van der Waals surface area contributed by atoms with Crippen LogP contribution in [0.25, 0.3) is 0 Å². The van der Waals surface area contributed by atoms with Crippen molar-refractivity contribution in [2.75, 3.05) is 31.1 Å².